The molecule has 0 spiro atoms. The zero-order chi connectivity index (χ0) is 14.6. The van der Waals surface area contributed by atoms with Crippen LogP contribution >= 0.6 is 0 Å². The fraction of sp³-hybridized carbons (Fsp3) is 0.625. The number of aliphatic hydroxyl groups excluding tert-OH is 1. The Morgan fingerprint density at radius 1 is 1.20 bits per heavy atom. The van der Waals surface area contributed by atoms with E-state index in [0.717, 1.165) is 25.1 Å². The molecule has 20 heavy (non-hydrogen) atoms. The zero-order valence-electron chi connectivity index (χ0n) is 12.7. The summed E-state index contributed by atoms with van der Waals surface area (Å²) in [6.07, 6.45) is 1.88. The molecule has 0 radical (unpaired) electrons. The first-order valence-corrected chi connectivity index (χ1v) is 7.33. The van der Waals surface area contributed by atoms with Gasteiger partial charge in [-0.2, -0.15) is 0 Å². The van der Waals surface area contributed by atoms with Crippen molar-refractivity contribution < 1.29 is 9.84 Å². The van der Waals surface area contributed by atoms with Crippen molar-refractivity contribution in [3.63, 3.8) is 0 Å². The average molecular weight is 280 g/mol. The lowest BCUT2D eigenvalue weighted by Crippen LogP contribution is -2.31. The molecule has 0 heterocycles. The summed E-state index contributed by atoms with van der Waals surface area (Å²) in [6, 6.07) is 10.0. The number of nitrogens with zero attached hydrogens (tertiary/aromatic N) is 1. The van der Waals surface area contributed by atoms with Crippen LogP contribution in [0.1, 0.15) is 18.4 Å². The van der Waals surface area contributed by atoms with Gasteiger partial charge >= 0.3 is 0 Å². The fourth-order valence-electron chi connectivity index (χ4n) is 1.89. The van der Waals surface area contributed by atoms with Crippen molar-refractivity contribution in [1.29, 1.82) is 0 Å². The van der Waals surface area contributed by atoms with Gasteiger partial charge in [0.2, 0.25) is 0 Å². The average Bonchev–Trinajstić information content (AvgIpc) is 2.43. The number of aliphatic hydroxyl groups is 1. The summed E-state index contributed by atoms with van der Waals surface area (Å²) >= 11 is 0. The Labute approximate surface area is 122 Å². The van der Waals surface area contributed by atoms with Crippen molar-refractivity contribution >= 4 is 0 Å². The molecule has 0 aliphatic heterocycles. The second-order valence-corrected chi connectivity index (χ2v) is 5.37. The largest absolute Gasteiger partial charge is 0.389 e. The van der Waals surface area contributed by atoms with Gasteiger partial charge in [0.1, 0.15) is 0 Å². The molecule has 0 aromatic heterocycles. The Morgan fingerprint density at radius 3 is 2.65 bits per heavy atom. The number of benzene rings is 1. The summed E-state index contributed by atoms with van der Waals surface area (Å²) in [5, 5.41) is 13.0. The quantitative estimate of drug-likeness (QED) is 0.603. The maximum atomic E-state index is 9.78. The second-order valence-electron chi connectivity index (χ2n) is 5.37. The third-order valence-corrected chi connectivity index (χ3v) is 3.01. The molecule has 0 amide bonds. The summed E-state index contributed by atoms with van der Waals surface area (Å²) in [6.45, 7) is 3.59. The highest BCUT2D eigenvalue weighted by atomic mass is 16.5. The van der Waals surface area contributed by atoms with Crippen LogP contribution in [0.15, 0.2) is 30.3 Å². The SMILES string of the molecule is CN(C)CCCCNCC(O)COCc1ccccc1. The molecule has 114 valence electrons. The Morgan fingerprint density at radius 2 is 1.95 bits per heavy atom. The molecule has 1 unspecified atom stereocenters. The highest BCUT2D eigenvalue weighted by molar-refractivity contribution is 5.13. The van der Waals surface area contributed by atoms with Crippen molar-refractivity contribution in [2.75, 3.05) is 40.3 Å². The monoisotopic (exact) mass is 280 g/mol. The van der Waals surface area contributed by atoms with Crippen LogP contribution in [-0.2, 0) is 11.3 Å². The van der Waals surface area contributed by atoms with Gasteiger partial charge < -0.3 is 20.1 Å². The van der Waals surface area contributed by atoms with E-state index in [1.807, 2.05) is 30.3 Å². The maximum absolute atomic E-state index is 9.78. The molecule has 1 aromatic rings. The molecule has 1 aromatic carbocycles. The van der Waals surface area contributed by atoms with Gasteiger partial charge in [-0.05, 0) is 45.6 Å². The Hall–Kier alpha value is -0.940. The lowest BCUT2D eigenvalue weighted by atomic mass is 10.2. The van der Waals surface area contributed by atoms with Crippen LogP contribution in [0.25, 0.3) is 0 Å². The first-order valence-electron chi connectivity index (χ1n) is 7.33. The number of unbranched alkanes of at least 4 members (excludes halogenated alkanes) is 1. The molecule has 0 aliphatic rings. The van der Waals surface area contributed by atoms with E-state index >= 15 is 0 Å². The molecule has 2 N–H and O–H groups in total. The van der Waals surface area contributed by atoms with Crippen molar-refractivity contribution in [3.8, 4) is 0 Å². The highest BCUT2D eigenvalue weighted by Gasteiger charge is 2.03. The minimum Gasteiger partial charge on any atom is -0.389 e. The molecule has 0 saturated heterocycles. The molecule has 1 rings (SSSR count). The highest BCUT2D eigenvalue weighted by Crippen LogP contribution is 2.00. The summed E-state index contributed by atoms with van der Waals surface area (Å²) in [7, 11) is 4.17. The van der Waals surface area contributed by atoms with Gasteiger partial charge in [-0.15, -0.1) is 0 Å². The van der Waals surface area contributed by atoms with Crippen LogP contribution in [0.3, 0.4) is 0 Å². The molecular formula is C16H28N2O2. The third-order valence-electron chi connectivity index (χ3n) is 3.01. The molecule has 1 atom stereocenters. The van der Waals surface area contributed by atoms with Crippen molar-refractivity contribution in [3.05, 3.63) is 35.9 Å². The predicted octanol–water partition coefficient (Wildman–Crippen LogP) is 1.50. The van der Waals surface area contributed by atoms with Crippen LogP contribution in [0.4, 0.5) is 0 Å². The molecule has 0 aliphatic carbocycles. The number of ether oxygens (including phenoxy) is 1. The molecular weight excluding hydrogens is 252 g/mol. The van der Waals surface area contributed by atoms with Crippen molar-refractivity contribution in [2.24, 2.45) is 0 Å². The van der Waals surface area contributed by atoms with E-state index in [1.165, 1.54) is 6.42 Å². The molecule has 4 nitrogen and oxygen atoms in total. The van der Waals surface area contributed by atoms with E-state index in [0.29, 0.717) is 19.8 Å². The van der Waals surface area contributed by atoms with Gasteiger partial charge in [-0.1, -0.05) is 30.3 Å². The van der Waals surface area contributed by atoms with E-state index in [9.17, 15) is 5.11 Å². The van der Waals surface area contributed by atoms with Gasteiger partial charge in [-0.25, -0.2) is 0 Å². The van der Waals surface area contributed by atoms with Gasteiger partial charge in [-0.3, -0.25) is 0 Å². The smallest absolute Gasteiger partial charge is 0.0897 e. The minimum atomic E-state index is -0.437. The second kappa shape index (κ2) is 10.8. The Balaban J connectivity index is 1.94. The first-order chi connectivity index (χ1) is 9.68. The number of nitrogens with one attached hydrogen (secondary N) is 1. The Bertz CT molecular complexity index is 331. The van der Waals surface area contributed by atoms with E-state index < -0.39 is 6.10 Å². The van der Waals surface area contributed by atoms with Crippen LogP contribution < -0.4 is 5.32 Å². The lowest BCUT2D eigenvalue weighted by molar-refractivity contribution is 0.0289. The standard InChI is InChI=1S/C16H28N2O2/c1-18(2)11-7-6-10-17-12-16(19)14-20-13-15-8-4-3-5-9-15/h3-5,8-9,16-17,19H,6-7,10-14H2,1-2H3. The summed E-state index contributed by atoms with van der Waals surface area (Å²) in [5.74, 6) is 0. The maximum Gasteiger partial charge on any atom is 0.0897 e. The van der Waals surface area contributed by atoms with E-state index in [4.69, 9.17) is 4.74 Å². The summed E-state index contributed by atoms with van der Waals surface area (Å²) in [5.41, 5.74) is 1.14. The Kier molecular flexibility index (Phi) is 9.24. The van der Waals surface area contributed by atoms with Crippen LogP contribution in [0, 0.1) is 0 Å². The normalized spacial score (nSPS) is 12.8. The first kappa shape index (κ1) is 17.1. The van der Waals surface area contributed by atoms with Crippen LogP contribution in [0.5, 0.6) is 0 Å². The molecule has 0 bridgehead atoms. The van der Waals surface area contributed by atoms with E-state index in [2.05, 4.69) is 24.3 Å². The van der Waals surface area contributed by atoms with Gasteiger partial charge in [0.05, 0.1) is 19.3 Å². The zero-order valence-corrected chi connectivity index (χ0v) is 12.7. The van der Waals surface area contributed by atoms with Crippen LogP contribution in [-0.4, -0.2) is 56.4 Å². The molecule has 0 fully saturated rings. The number of hydrogen-bond donors (Lipinski definition) is 2. The third kappa shape index (κ3) is 9.04. The van der Waals surface area contributed by atoms with Gasteiger partial charge in [0.25, 0.3) is 0 Å². The van der Waals surface area contributed by atoms with E-state index in [-0.39, 0.29) is 0 Å². The topological polar surface area (TPSA) is 44.7 Å². The van der Waals surface area contributed by atoms with Crippen LogP contribution in [0.2, 0.25) is 0 Å². The summed E-state index contributed by atoms with van der Waals surface area (Å²) in [4.78, 5) is 2.19. The minimum absolute atomic E-state index is 0.375. The number of hydrogen-bond acceptors (Lipinski definition) is 4. The van der Waals surface area contributed by atoms with Crippen molar-refractivity contribution in [2.45, 2.75) is 25.6 Å². The van der Waals surface area contributed by atoms with Gasteiger partial charge in [0.15, 0.2) is 0 Å². The van der Waals surface area contributed by atoms with Crippen molar-refractivity contribution in [1.82, 2.24) is 10.2 Å². The summed E-state index contributed by atoms with van der Waals surface area (Å²) < 4.78 is 5.49. The predicted molar refractivity (Wildman–Crippen MR) is 82.8 cm³/mol. The number of rotatable bonds is 11. The lowest BCUT2D eigenvalue weighted by Gasteiger charge is -2.13. The molecule has 0 saturated carbocycles. The van der Waals surface area contributed by atoms with E-state index in [1.54, 1.807) is 0 Å². The fourth-order valence-corrected chi connectivity index (χ4v) is 1.89. The molecule has 4 heteroatoms. The van der Waals surface area contributed by atoms with Gasteiger partial charge in [0, 0.05) is 6.54 Å².